The van der Waals surface area contributed by atoms with E-state index in [-0.39, 0.29) is 0 Å². The Morgan fingerprint density at radius 2 is 1.44 bits per heavy atom. The molecule has 0 amide bonds. The third kappa shape index (κ3) is 2.98. The van der Waals surface area contributed by atoms with Gasteiger partial charge in [0.15, 0.2) is 0 Å². The van der Waals surface area contributed by atoms with Crippen LogP contribution in [0.3, 0.4) is 0 Å². The number of hydrogen-bond donors (Lipinski definition) is 2. The van der Waals surface area contributed by atoms with Crippen molar-refractivity contribution in [2.45, 2.75) is 69.9 Å². The highest BCUT2D eigenvalue weighted by Gasteiger charge is 2.31. The van der Waals surface area contributed by atoms with E-state index in [0.717, 1.165) is 17.9 Å². The lowest BCUT2D eigenvalue weighted by Gasteiger charge is -2.38. The Kier molecular flexibility index (Phi) is 4.66. The van der Waals surface area contributed by atoms with Crippen molar-refractivity contribution >= 4 is 0 Å². The van der Waals surface area contributed by atoms with Crippen molar-refractivity contribution in [2.24, 2.45) is 17.6 Å². The topological polar surface area (TPSA) is 38.0 Å². The molecule has 3 N–H and O–H groups in total. The van der Waals surface area contributed by atoms with E-state index in [2.05, 4.69) is 12.4 Å². The lowest BCUT2D eigenvalue weighted by Crippen LogP contribution is -2.43. The first kappa shape index (κ1) is 12.4. The second-order valence-corrected chi connectivity index (χ2v) is 5.89. The third-order valence-electron chi connectivity index (χ3n) is 4.82. The van der Waals surface area contributed by atoms with Crippen molar-refractivity contribution in [1.82, 2.24) is 5.32 Å². The molecular weight excluding hydrogens is 196 g/mol. The predicted octanol–water partition coefficient (Wildman–Crippen LogP) is 2.67. The summed E-state index contributed by atoms with van der Waals surface area (Å²) in [4.78, 5) is 0. The molecule has 0 heterocycles. The standard InChI is InChI=1S/C14H28N2/c1-16-14(11-5-3-2-4-6-11)12-7-9-13(15)10-8-12/h11-14,16H,2-10,15H2,1H3. The summed E-state index contributed by atoms with van der Waals surface area (Å²) < 4.78 is 0. The van der Waals surface area contributed by atoms with Crippen LogP contribution in [0, 0.1) is 11.8 Å². The first-order valence-corrected chi connectivity index (χ1v) is 7.24. The fourth-order valence-electron chi connectivity index (χ4n) is 3.85. The van der Waals surface area contributed by atoms with E-state index in [0.29, 0.717) is 6.04 Å². The van der Waals surface area contributed by atoms with Crippen LogP contribution in [0.5, 0.6) is 0 Å². The zero-order valence-corrected chi connectivity index (χ0v) is 10.8. The smallest absolute Gasteiger partial charge is 0.0121 e. The molecule has 0 saturated heterocycles. The Morgan fingerprint density at radius 1 is 0.875 bits per heavy atom. The Hall–Kier alpha value is -0.0800. The van der Waals surface area contributed by atoms with Gasteiger partial charge in [-0.2, -0.15) is 0 Å². The van der Waals surface area contributed by atoms with E-state index in [1.54, 1.807) is 0 Å². The zero-order valence-electron chi connectivity index (χ0n) is 10.8. The number of hydrogen-bond acceptors (Lipinski definition) is 2. The van der Waals surface area contributed by atoms with Gasteiger partial charge in [-0.05, 0) is 57.4 Å². The third-order valence-corrected chi connectivity index (χ3v) is 4.82. The summed E-state index contributed by atoms with van der Waals surface area (Å²) in [7, 11) is 2.16. The van der Waals surface area contributed by atoms with E-state index >= 15 is 0 Å². The minimum atomic E-state index is 0.486. The molecule has 2 heteroatoms. The normalized spacial score (nSPS) is 34.9. The van der Waals surface area contributed by atoms with Crippen LogP contribution in [-0.4, -0.2) is 19.1 Å². The maximum atomic E-state index is 6.00. The molecule has 1 atom stereocenters. The minimum Gasteiger partial charge on any atom is -0.328 e. The lowest BCUT2D eigenvalue weighted by atomic mass is 9.73. The highest BCUT2D eigenvalue weighted by Crippen LogP contribution is 2.35. The van der Waals surface area contributed by atoms with E-state index in [4.69, 9.17) is 5.73 Å². The van der Waals surface area contributed by atoms with Crippen LogP contribution in [0.1, 0.15) is 57.8 Å². The molecule has 2 fully saturated rings. The SMILES string of the molecule is CNC(C1CCCCC1)C1CCC(N)CC1. The number of nitrogens with one attached hydrogen (secondary N) is 1. The lowest BCUT2D eigenvalue weighted by molar-refractivity contribution is 0.173. The quantitative estimate of drug-likeness (QED) is 0.773. The van der Waals surface area contributed by atoms with E-state index in [1.165, 1.54) is 57.8 Å². The molecule has 0 bridgehead atoms. The molecule has 2 nitrogen and oxygen atoms in total. The molecule has 94 valence electrons. The van der Waals surface area contributed by atoms with Crippen molar-refractivity contribution in [1.29, 1.82) is 0 Å². The summed E-state index contributed by atoms with van der Waals surface area (Å²) in [6.45, 7) is 0. The van der Waals surface area contributed by atoms with Gasteiger partial charge in [0.2, 0.25) is 0 Å². The van der Waals surface area contributed by atoms with Crippen LogP contribution in [0.25, 0.3) is 0 Å². The van der Waals surface area contributed by atoms with Gasteiger partial charge in [0.25, 0.3) is 0 Å². The summed E-state index contributed by atoms with van der Waals surface area (Å²) >= 11 is 0. The van der Waals surface area contributed by atoms with Crippen LogP contribution in [0.4, 0.5) is 0 Å². The first-order valence-electron chi connectivity index (χ1n) is 7.24. The molecule has 16 heavy (non-hydrogen) atoms. The molecule has 0 aromatic carbocycles. The summed E-state index contributed by atoms with van der Waals surface area (Å²) in [5.74, 6) is 1.84. The molecule has 2 rings (SSSR count). The predicted molar refractivity (Wildman–Crippen MR) is 69.4 cm³/mol. The van der Waals surface area contributed by atoms with Crippen LogP contribution >= 0.6 is 0 Å². The van der Waals surface area contributed by atoms with Crippen LogP contribution < -0.4 is 11.1 Å². The van der Waals surface area contributed by atoms with Gasteiger partial charge >= 0.3 is 0 Å². The Balaban J connectivity index is 1.88. The van der Waals surface area contributed by atoms with E-state index in [1.807, 2.05) is 0 Å². The van der Waals surface area contributed by atoms with Gasteiger partial charge in [0, 0.05) is 12.1 Å². The Morgan fingerprint density at radius 3 is 2.00 bits per heavy atom. The van der Waals surface area contributed by atoms with Crippen molar-refractivity contribution in [2.75, 3.05) is 7.05 Å². The van der Waals surface area contributed by atoms with Crippen molar-refractivity contribution in [3.63, 3.8) is 0 Å². The average Bonchev–Trinajstić information content (AvgIpc) is 2.34. The average molecular weight is 224 g/mol. The summed E-state index contributed by atoms with van der Waals surface area (Å²) in [6.07, 6.45) is 12.5. The van der Waals surface area contributed by atoms with Crippen LogP contribution in [0.15, 0.2) is 0 Å². The Bertz CT molecular complexity index is 191. The van der Waals surface area contributed by atoms with Gasteiger partial charge in [-0.15, -0.1) is 0 Å². The second-order valence-electron chi connectivity index (χ2n) is 5.89. The summed E-state index contributed by atoms with van der Waals surface area (Å²) in [5.41, 5.74) is 6.00. The first-order chi connectivity index (χ1) is 7.81. The van der Waals surface area contributed by atoms with E-state index < -0.39 is 0 Å². The molecular formula is C14H28N2. The molecule has 1 unspecified atom stereocenters. The van der Waals surface area contributed by atoms with Crippen LogP contribution in [-0.2, 0) is 0 Å². The van der Waals surface area contributed by atoms with E-state index in [9.17, 15) is 0 Å². The van der Waals surface area contributed by atoms with Gasteiger partial charge in [-0.1, -0.05) is 19.3 Å². The fraction of sp³-hybridized carbons (Fsp3) is 1.00. The summed E-state index contributed by atoms with van der Waals surface area (Å²) in [6, 6.07) is 1.26. The molecule has 2 aliphatic rings. The Labute approximate surface area is 100 Å². The van der Waals surface area contributed by atoms with Gasteiger partial charge < -0.3 is 11.1 Å². The van der Waals surface area contributed by atoms with Crippen LogP contribution in [0.2, 0.25) is 0 Å². The van der Waals surface area contributed by atoms with Gasteiger partial charge in [0.1, 0.15) is 0 Å². The number of rotatable bonds is 3. The van der Waals surface area contributed by atoms with Gasteiger partial charge in [-0.3, -0.25) is 0 Å². The van der Waals surface area contributed by atoms with Gasteiger partial charge in [0.05, 0.1) is 0 Å². The minimum absolute atomic E-state index is 0.486. The molecule has 0 aliphatic heterocycles. The van der Waals surface area contributed by atoms with Crippen molar-refractivity contribution < 1.29 is 0 Å². The fourth-order valence-corrected chi connectivity index (χ4v) is 3.85. The zero-order chi connectivity index (χ0) is 11.4. The second kappa shape index (κ2) is 6.02. The largest absolute Gasteiger partial charge is 0.328 e. The highest BCUT2D eigenvalue weighted by atomic mass is 14.9. The molecule has 0 radical (unpaired) electrons. The maximum Gasteiger partial charge on any atom is 0.0121 e. The molecule has 0 aromatic heterocycles. The number of nitrogens with two attached hydrogens (primary N) is 1. The molecule has 2 aliphatic carbocycles. The van der Waals surface area contributed by atoms with Gasteiger partial charge in [-0.25, -0.2) is 0 Å². The highest BCUT2D eigenvalue weighted by molar-refractivity contribution is 4.87. The molecule has 2 saturated carbocycles. The molecule has 0 aromatic rings. The monoisotopic (exact) mass is 224 g/mol. The molecule has 0 spiro atoms. The maximum absolute atomic E-state index is 6.00. The van der Waals surface area contributed by atoms with Crippen molar-refractivity contribution in [3.8, 4) is 0 Å². The van der Waals surface area contributed by atoms with Crippen molar-refractivity contribution in [3.05, 3.63) is 0 Å². The summed E-state index contributed by atoms with van der Waals surface area (Å²) in [5, 5.41) is 3.62.